The number of hydrogen-bond acceptors (Lipinski definition) is 9. The third-order valence-corrected chi connectivity index (χ3v) is 10.5. The minimum absolute atomic E-state index is 0.0393. The van der Waals surface area contributed by atoms with E-state index in [2.05, 4.69) is 24.5 Å². The first-order valence-electron chi connectivity index (χ1n) is 19.8. The van der Waals surface area contributed by atoms with Crippen molar-refractivity contribution in [3.63, 3.8) is 0 Å². The molecule has 3 amide bonds. The van der Waals surface area contributed by atoms with E-state index in [0.29, 0.717) is 30.8 Å². The summed E-state index contributed by atoms with van der Waals surface area (Å²) in [6.07, 6.45) is 8.71. The van der Waals surface area contributed by atoms with Crippen LogP contribution in [0.25, 0.3) is 16.7 Å². The molecule has 55 heavy (non-hydrogen) atoms. The number of fused-ring (bicyclic) bond motifs is 3. The zero-order chi connectivity index (χ0) is 39.7. The normalized spacial score (nSPS) is 24.9. The molecule has 1 aromatic carbocycles. The number of nitrogens with zero attached hydrogens (tertiary/aromatic N) is 5. The number of carbonyl (C=O) groups excluding carboxylic acids is 4. The van der Waals surface area contributed by atoms with Gasteiger partial charge in [-0.05, 0) is 91.3 Å². The second kappa shape index (κ2) is 16.1. The first-order valence-corrected chi connectivity index (χ1v) is 19.8. The van der Waals surface area contributed by atoms with Gasteiger partial charge in [-0.2, -0.15) is 10.1 Å². The van der Waals surface area contributed by atoms with E-state index in [1.807, 2.05) is 65.7 Å². The van der Waals surface area contributed by atoms with Crippen LogP contribution in [0.3, 0.4) is 0 Å². The SMILES string of the molecule is CCOC(=O)C12CC1C=CCCCCCC(NC(=O)OC(C)(C)C)C(=O)N1CC(Oc3nc4c(-n5ccc(C(C)C)n5)cccc4n3C(C)C)CC1C(=O)N2. The molecular weight excluding hydrogens is 702 g/mol. The summed E-state index contributed by atoms with van der Waals surface area (Å²) in [6, 6.07) is 6.30. The molecule has 3 aliphatic rings. The van der Waals surface area contributed by atoms with E-state index >= 15 is 0 Å². The number of amides is 3. The van der Waals surface area contributed by atoms with Crippen LogP contribution < -0.4 is 15.4 Å². The Balaban J connectivity index is 1.34. The number of esters is 1. The van der Waals surface area contributed by atoms with Gasteiger partial charge in [-0.3, -0.25) is 14.2 Å². The third-order valence-electron chi connectivity index (χ3n) is 10.5. The molecule has 1 saturated heterocycles. The molecule has 2 aliphatic heterocycles. The Bertz CT molecular complexity index is 1920. The van der Waals surface area contributed by atoms with E-state index in [0.717, 1.165) is 36.2 Å². The van der Waals surface area contributed by atoms with Gasteiger partial charge in [0.1, 0.15) is 34.8 Å². The van der Waals surface area contributed by atoms with Gasteiger partial charge in [0.25, 0.3) is 6.01 Å². The maximum atomic E-state index is 14.6. The van der Waals surface area contributed by atoms with Gasteiger partial charge >= 0.3 is 12.1 Å². The Labute approximate surface area is 323 Å². The highest BCUT2D eigenvalue weighted by Gasteiger charge is 2.62. The molecule has 2 N–H and O–H groups in total. The smallest absolute Gasteiger partial charge is 0.408 e. The van der Waals surface area contributed by atoms with Crippen LogP contribution in [0.15, 0.2) is 42.6 Å². The zero-order valence-electron chi connectivity index (χ0n) is 33.5. The molecule has 5 unspecified atom stereocenters. The van der Waals surface area contributed by atoms with Crippen molar-refractivity contribution in [1.29, 1.82) is 0 Å². The minimum Gasteiger partial charge on any atom is -0.464 e. The summed E-state index contributed by atoms with van der Waals surface area (Å²) in [5.74, 6) is -1.34. The number of allylic oxidation sites excluding steroid dienone is 1. The Hall–Kier alpha value is -4.88. The van der Waals surface area contributed by atoms with Gasteiger partial charge < -0.3 is 29.7 Å². The molecule has 5 atom stereocenters. The topological polar surface area (TPSA) is 159 Å². The van der Waals surface area contributed by atoms with Gasteiger partial charge in [-0.25, -0.2) is 14.3 Å². The number of ether oxygens (including phenoxy) is 3. The largest absolute Gasteiger partial charge is 0.464 e. The molecule has 298 valence electrons. The van der Waals surface area contributed by atoms with Gasteiger partial charge in [-0.1, -0.05) is 44.9 Å². The fourth-order valence-corrected chi connectivity index (χ4v) is 7.62. The van der Waals surface area contributed by atoms with Crippen molar-refractivity contribution in [3.05, 3.63) is 48.3 Å². The number of benzene rings is 1. The van der Waals surface area contributed by atoms with Crippen LogP contribution in [0.2, 0.25) is 0 Å². The second-order valence-corrected chi connectivity index (χ2v) is 16.6. The maximum absolute atomic E-state index is 14.6. The summed E-state index contributed by atoms with van der Waals surface area (Å²) in [4.78, 5) is 61.8. The highest BCUT2D eigenvalue weighted by Crippen LogP contribution is 2.46. The van der Waals surface area contributed by atoms with Crippen LogP contribution in [0.4, 0.5) is 4.79 Å². The molecule has 0 spiro atoms. The molecule has 4 heterocycles. The molecule has 1 saturated carbocycles. The van der Waals surface area contributed by atoms with E-state index in [-0.39, 0.29) is 37.5 Å². The van der Waals surface area contributed by atoms with Gasteiger partial charge in [0, 0.05) is 24.6 Å². The number of para-hydroxylation sites is 1. The van der Waals surface area contributed by atoms with Gasteiger partial charge in [0.15, 0.2) is 0 Å². The average Bonchev–Trinajstić information content (AvgIpc) is 3.48. The highest BCUT2D eigenvalue weighted by molar-refractivity contribution is 5.96. The average molecular weight is 760 g/mol. The van der Waals surface area contributed by atoms with Crippen molar-refractivity contribution in [2.75, 3.05) is 13.2 Å². The number of hydrogen-bond donors (Lipinski definition) is 2. The van der Waals surface area contributed by atoms with E-state index in [4.69, 9.17) is 24.3 Å². The number of aromatic nitrogens is 4. The zero-order valence-corrected chi connectivity index (χ0v) is 33.5. The standard InChI is InChI=1S/C41H57N7O7/c1-9-53-37(51)41-23-27(41)16-13-11-10-12-14-17-30(42-39(52)55-40(6,7)8)36(50)46-24-28(22-33(46)35(49)44-41)54-38-43-34-31(47-21-20-29(45-47)25(2)3)18-15-19-32(34)48(38)26(4)5/h13,15-16,18-21,25-28,30,33H,9-12,14,17,22-24H2,1-8H3,(H,42,52)(H,44,49). The quantitative estimate of drug-likeness (QED) is 0.204. The number of carbonyl (C=O) groups is 4. The van der Waals surface area contributed by atoms with E-state index in [1.54, 1.807) is 27.7 Å². The fourth-order valence-electron chi connectivity index (χ4n) is 7.62. The number of alkyl carbamates (subject to hydrolysis) is 1. The number of imidazole rings is 1. The lowest BCUT2D eigenvalue weighted by Crippen LogP contribution is -2.56. The molecular formula is C41H57N7O7. The number of nitrogens with one attached hydrogen (secondary N) is 2. The molecule has 0 bridgehead atoms. The highest BCUT2D eigenvalue weighted by atomic mass is 16.6. The molecule has 2 fully saturated rings. The van der Waals surface area contributed by atoms with E-state index in [1.165, 1.54) is 4.90 Å². The molecule has 2 aromatic heterocycles. The predicted octanol–water partition coefficient (Wildman–Crippen LogP) is 6.13. The Kier molecular flexibility index (Phi) is 11.6. The van der Waals surface area contributed by atoms with Crippen LogP contribution in [0.5, 0.6) is 6.01 Å². The lowest BCUT2D eigenvalue weighted by atomic mass is 10.0. The lowest BCUT2D eigenvalue weighted by Gasteiger charge is -2.30. The van der Waals surface area contributed by atoms with Crippen molar-refractivity contribution in [3.8, 4) is 11.7 Å². The maximum Gasteiger partial charge on any atom is 0.408 e. The molecule has 1 aliphatic carbocycles. The van der Waals surface area contributed by atoms with E-state index < -0.39 is 53.2 Å². The van der Waals surface area contributed by atoms with Gasteiger partial charge in [0.05, 0.1) is 30.0 Å². The summed E-state index contributed by atoms with van der Waals surface area (Å²) in [6.45, 7) is 15.5. The van der Waals surface area contributed by atoms with Crippen LogP contribution in [0, 0.1) is 5.92 Å². The van der Waals surface area contributed by atoms with Crippen LogP contribution in [0.1, 0.15) is 118 Å². The molecule has 6 rings (SSSR count). The fraction of sp³-hybridized carbons (Fsp3) is 0.610. The third kappa shape index (κ3) is 8.68. The van der Waals surface area contributed by atoms with Crippen molar-refractivity contribution in [1.82, 2.24) is 34.9 Å². The van der Waals surface area contributed by atoms with Gasteiger partial charge in [0.2, 0.25) is 11.8 Å². The number of rotatable bonds is 8. The van der Waals surface area contributed by atoms with Crippen LogP contribution in [-0.2, 0) is 23.9 Å². The summed E-state index contributed by atoms with van der Waals surface area (Å²) >= 11 is 0. The minimum atomic E-state index is -1.21. The molecule has 14 heteroatoms. The van der Waals surface area contributed by atoms with Gasteiger partial charge in [-0.15, -0.1) is 0 Å². The van der Waals surface area contributed by atoms with Crippen LogP contribution in [-0.4, -0.2) is 90.6 Å². The van der Waals surface area contributed by atoms with Crippen molar-refractivity contribution >= 4 is 34.9 Å². The van der Waals surface area contributed by atoms with Crippen molar-refractivity contribution in [2.24, 2.45) is 5.92 Å². The lowest BCUT2D eigenvalue weighted by molar-refractivity contribution is -0.150. The van der Waals surface area contributed by atoms with Crippen molar-refractivity contribution < 1.29 is 33.4 Å². The molecule has 3 aromatic rings. The summed E-state index contributed by atoms with van der Waals surface area (Å²) < 4.78 is 21.5. The first kappa shape index (κ1) is 39.8. The van der Waals surface area contributed by atoms with Crippen molar-refractivity contribution in [2.45, 2.75) is 142 Å². The second-order valence-electron chi connectivity index (χ2n) is 16.6. The Morgan fingerprint density at radius 1 is 1.09 bits per heavy atom. The summed E-state index contributed by atoms with van der Waals surface area (Å²) in [7, 11) is 0. The Morgan fingerprint density at radius 3 is 2.56 bits per heavy atom. The van der Waals surface area contributed by atoms with Crippen LogP contribution >= 0.6 is 0 Å². The first-order chi connectivity index (χ1) is 26.1. The summed E-state index contributed by atoms with van der Waals surface area (Å²) in [5.41, 5.74) is 1.35. The molecule has 14 nitrogen and oxygen atoms in total. The Morgan fingerprint density at radius 2 is 1.87 bits per heavy atom. The summed E-state index contributed by atoms with van der Waals surface area (Å²) in [5, 5.41) is 10.6. The predicted molar refractivity (Wildman–Crippen MR) is 207 cm³/mol. The monoisotopic (exact) mass is 759 g/mol. The van der Waals surface area contributed by atoms with E-state index in [9.17, 15) is 19.2 Å². The molecule has 0 radical (unpaired) electrons.